The first-order chi connectivity index (χ1) is 14.0. The smallest absolute Gasteiger partial charge is 0.0601 e. The minimum atomic E-state index is 0.194. The van der Waals surface area contributed by atoms with Gasteiger partial charge in [-0.15, -0.1) is 0 Å². The molecular weight excluding hydrogens is 358 g/mol. The van der Waals surface area contributed by atoms with Gasteiger partial charge in [0.05, 0.1) is 23.2 Å². The molecule has 0 aromatic carbocycles. The summed E-state index contributed by atoms with van der Waals surface area (Å²) in [6, 6.07) is 12.3. The quantitative estimate of drug-likeness (QED) is 0.538. The number of hydrogen-bond acceptors (Lipinski definition) is 5. The summed E-state index contributed by atoms with van der Waals surface area (Å²) in [6.45, 7) is 11.0. The zero-order valence-electron chi connectivity index (χ0n) is 18.1. The van der Waals surface area contributed by atoms with Crippen LogP contribution in [0.5, 0.6) is 0 Å². The molecule has 0 aliphatic rings. The van der Waals surface area contributed by atoms with Crippen LogP contribution in [0.4, 0.5) is 0 Å². The summed E-state index contributed by atoms with van der Waals surface area (Å²) in [4.78, 5) is 18.6. The van der Waals surface area contributed by atoms with Crippen molar-refractivity contribution in [2.24, 2.45) is 0 Å². The Morgan fingerprint density at radius 2 is 1.07 bits per heavy atom. The van der Waals surface area contributed by atoms with Crippen molar-refractivity contribution in [3.63, 3.8) is 0 Å². The van der Waals surface area contributed by atoms with Crippen molar-refractivity contribution >= 4 is 0 Å². The molecule has 0 bridgehead atoms. The van der Waals surface area contributed by atoms with E-state index in [1.807, 2.05) is 36.8 Å². The van der Waals surface area contributed by atoms with E-state index in [1.54, 1.807) is 0 Å². The summed E-state index contributed by atoms with van der Waals surface area (Å²) >= 11 is 0. The average molecular weight is 390 g/mol. The fourth-order valence-electron chi connectivity index (χ4n) is 3.40. The second-order valence-electron chi connectivity index (χ2n) is 7.75. The van der Waals surface area contributed by atoms with Crippen LogP contribution in [-0.4, -0.2) is 38.0 Å². The van der Waals surface area contributed by atoms with Gasteiger partial charge >= 0.3 is 0 Å². The van der Waals surface area contributed by atoms with Crippen LogP contribution < -0.4 is 0 Å². The third-order valence-corrected chi connectivity index (χ3v) is 5.62. The van der Waals surface area contributed by atoms with Crippen LogP contribution in [0.2, 0.25) is 0 Å². The Kier molecular flexibility index (Phi) is 7.07. The van der Waals surface area contributed by atoms with Crippen LogP contribution in [0, 0.1) is 20.8 Å². The van der Waals surface area contributed by atoms with E-state index < -0.39 is 0 Å². The maximum atomic E-state index is 4.63. The van der Waals surface area contributed by atoms with E-state index in [0.717, 1.165) is 36.7 Å². The highest BCUT2D eigenvalue weighted by Crippen LogP contribution is 2.18. The normalized spacial score (nSPS) is 12.5. The van der Waals surface area contributed by atoms with Gasteiger partial charge in [-0.25, -0.2) is 0 Å². The molecule has 0 saturated carbocycles. The summed E-state index contributed by atoms with van der Waals surface area (Å²) in [6.07, 6.45) is 5.81. The minimum absolute atomic E-state index is 0.194. The molecule has 152 valence electrons. The molecule has 1 unspecified atom stereocenters. The van der Waals surface area contributed by atoms with Gasteiger partial charge in [0.1, 0.15) is 0 Å². The lowest BCUT2D eigenvalue weighted by Crippen LogP contribution is -2.44. The standard InChI is InChI=1S/C24H31N5/c1-18-9-6-12-25-22(18)15-28(5)21(4)29(16-23-19(2)10-7-13-26-23)17-24-20(3)11-8-14-27-24/h6-14,21H,15-17H2,1-5H3. The monoisotopic (exact) mass is 389 g/mol. The van der Waals surface area contributed by atoms with E-state index in [9.17, 15) is 0 Å². The lowest BCUT2D eigenvalue weighted by Gasteiger charge is -2.35. The Balaban J connectivity index is 1.83. The van der Waals surface area contributed by atoms with Crippen molar-refractivity contribution < 1.29 is 0 Å². The van der Waals surface area contributed by atoms with Crippen molar-refractivity contribution in [3.05, 3.63) is 88.8 Å². The molecule has 0 radical (unpaired) electrons. The van der Waals surface area contributed by atoms with Gasteiger partial charge in [-0.3, -0.25) is 24.8 Å². The first-order valence-electron chi connectivity index (χ1n) is 10.1. The van der Waals surface area contributed by atoms with Gasteiger partial charge in [-0.05, 0) is 69.6 Å². The van der Waals surface area contributed by atoms with Gasteiger partial charge < -0.3 is 0 Å². The van der Waals surface area contributed by atoms with Crippen molar-refractivity contribution in [2.45, 2.75) is 53.5 Å². The average Bonchev–Trinajstić information content (AvgIpc) is 2.71. The lowest BCUT2D eigenvalue weighted by molar-refractivity contribution is 0.0529. The number of rotatable bonds is 8. The topological polar surface area (TPSA) is 45.2 Å². The molecule has 0 saturated heterocycles. The summed E-state index contributed by atoms with van der Waals surface area (Å²) < 4.78 is 0. The van der Waals surface area contributed by atoms with E-state index >= 15 is 0 Å². The Hall–Kier alpha value is -2.63. The highest BCUT2D eigenvalue weighted by Gasteiger charge is 2.22. The molecule has 0 spiro atoms. The van der Waals surface area contributed by atoms with Crippen LogP contribution in [0.15, 0.2) is 55.0 Å². The number of pyridine rings is 3. The first-order valence-corrected chi connectivity index (χ1v) is 10.1. The van der Waals surface area contributed by atoms with Crippen LogP contribution in [0.25, 0.3) is 0 Å². The second kappa shape index (κ2) is 9.72. The Labute approximate surface area is 174 Å². The number of nitrogens with zero attached hydrogens (tertiary/aromatic N) is 5. The molecule has 0 fully saturated rings. The third-order valence-electron chi connectivity index (χ3n) is 5.62. The fraction of sp³-hybridized carbons (Fsp3) is 0.375. The van der Waals surface area contributed by atoms with Crippen molar-refractivity contribution in [3.8, 4) is 0 Å². The van der Waals surface area contributed by atoms with Crippen LogP contribution in [0.3, 0.4) is 0 Å². The van der Waals surface area contributed by atoms with Crippen LogP contribution in [0.1, 0.15) is 40.7 Å². The molecule has 3 heterocycles. The summed E-state index contributed by atoms with van der Waals surface area (Å²) in [5.41, 5.74) is 6.98. The maximum Gasteiger partial charge on any atom is 0.0601 e. The highest BCUT2D eigenvalue weighted by atomic mass is 15.3. The summed E-state index contributed by atoms with van der Waals surface area (Å²) in [5.74, 6) is 0. The first kappa shape index (κ1) is 21.1. The second-order valence-corrected chi connectivity index (χ2v) is 7.75. The van der Waals surface area contributed by atoms with Crippen molar-refractivity contribution in [2.75, 3.05) is 7.05 Å². The molecule has 29 heavy (non-hydrogen) atoms. The van der Waals surface area contributed by atoms with Gasteiger partial charge in [0.2, 0.25) is 0 Å². The molecule has 1 atom stereocenters. The predicted octanol–water partition coefficient (Wildman–Crippen LogP) is 4.28. The van der Waals surface area contributed by atoms with Crippen molar-refractivity contribution in [1.82, 2.24) is 24.8 Å². The zero-order chi connectivity index (χ0) is 20.8. The summed E-state index contributed by atoms with van der Waals surface area (Å²) in [5, 5.41) is 0. The van der Waals surface area contributed by atoms with E-state index in [2.05, 4.69) is 77.7 Å². The SMILES string of the molecule is Cc1cccnc1CN(C)C(C)N(Cc1ncccc1C)Cc1ncccc1C. The Morgan fingerprint density at radius 3 is 1.45 bits per heavy atom. The number of aryl methyl sites for hydroxylation is 3. The molecule has 5 heteroatoms. The molecule has 5 nitrogen and oxygen atoms in total. The van der Waals surface area contributed by atoms with E-state index in [1.165, 1.54) is 16.7 Å². The van der Waals surface area contributed by atoms with E-state index in [4.69, 9.17) is 0 Å². The predicted molar refractivity (Wildman–Crippen MR) is 117 cm³/mol. The van der Waals surface area contributed by atoms with E-state index in [0.29, 0.717) is 0 Å². The van der Waals surface area contributed by atoms with Crippen LogP contribution >= 0.6 is 0 Å². The van der Waals surface area contributed by atoms with Crippen LogP contribution in [-0.2, 0) is 19.6 Å². The van der Waals surface area contributed by atoms with Gasteiger partial charge in [-0.2, -0.15) is 0 Å². The highest BCUT2D eigenvalue weighted by molar-refractivity contribution is 5.20. The molecule has 0 aliphatic heterocycles. The largest absolute Gasteiger partial charge is 0.285 e. The van der Waals surface area contributed by atoms with Crippen molar-refractivity contribution in [1.29, 1.82) is 0 Å². The van der Waals surface area contributed by atoms with Gasteiger partial charge in [0, 0.05) is 38.2 Å². The molecule has 0 N–H and O–H groups in total. The van der Waals surface area contributed by atoms with Gasteiger partial charge in [0.25, 0.3) is 0 Å². The maximum absolute atomic E-state index is 4.63. The summed E-state index contributed by atoms with van der Waals surface area (Å²) in [7, 11) is 2.16. The molecule has 0 aliphatic carbocycles. The number of hydrogen-bond donors (Lipinski definition) is 0. The molecule has 0 amide bonds. The van der Waals surface area contributed by atoms with Gasteiger partial charge in [-0.1, -0.05) is 18.2 Å². The molecule has 3 rings (SSSR count). The Bertz CT molecular complexity index is 892. The molecule has 3 aromatic heterocycles. The van der Waals surface area contributed by atoms with Gasteiger partial charge in [0.15, 0.2) is 0 Å². The zero-order valence-corrected chi connectivity index (χ0v) is 18.1. The fourth-order valence-corrected chi connectivity index (χ4v) is 3.40. The number of aromatic nitrogens is 3. The molecule has 3 aromatic rings. The van der Waals surface area contributed by atoms with E-state index in [-0.39, 0.29) is 6.17 Å². The minimum Gasteiger partial charge on any atom is -0.285 e. The Morgan fingerprint density at radius 1 is 0.690 bits per heavy atom. The lowest BCUT2D eigenvalue weighted by atomic mass is 10.1. The third kappa shape index (κ3) is 5.46. The molecular formula is C24H31N5.